The van der Waals surface area contributed by atoms with Gasteiger partial charge >= 0.3 is 0 Å². The van der Waals surface area contributed by atoms with Crippen molar-refractivity contribution in [3.8, 4) is 0 Å². The third-order valence-electron chi connectivity index (χ3n) is 1.69. The minimum atomic E-state index is -2.90. The molecule has 1 rings (SSSR count). The van der Waals surface area contributed by atoms with Crippen LogP contribution in [0.2, 0.25) is 0 Å². The number of nitrogens with zero attached hydrogens (tertiary/aromatic N) is 1. The molecule has 3 N–H and O–H groups in total. The smallest absolute Gasteiger partial charge is 0.265 e. The molecule has 3 nitrogen and oxygen atoms in total. The van der Waals surface area contributed by atoms with Gasteiger partial charge in [0.2, 0.25) is 0 Å². The van der Waals surface area contributed by atoms with Crippen LogP contribution in [0.1, 0.15) is 18.5 Å². The number of nitrogens with two attached hydrogens (primary N) is 1. The molecule has 13 heavy (non-hydrogen) atoms. The molecule has 0 aliphatic carbocycles. The molecule has 0 saturated carbocycles. The predicted molar refractivity (Wildman–Crippen MR) is 44.9 cm³/mol. The molecule has 0 bridgehead atoms. The molecule has 1 aromatic rings. The molecule has 1 unspecified atom stereocenters. The zero-order chi connectivity index (χ0) is 9.90. The van der Waals surface area contributed by atoms with E-state index in [0.717, 1.165) is 6.92 Å². The van der Waals surface area contributed by atoms with Crippen molar-refractivity contribution < 1.29 is 8.78 Å². The van der Waals surface area contributed by atoms with Gasteiger partial charge in [0.05, 0.1) is 0 Å². The summed E-state index contributed by atoms with van der Waals surface area (Å²) >= 11 is 0. The van der Waals surface area contributed by atoms with Gasteiger partial charge in [0.1, 0.15) is 6.04 Å². The summed E-state index contributed by atoms with van der Waals surface area (Å²) < 4.78 is 25.8. The Hall–Kier alpha value is -1.07. The monoisotopic (exact) mass is 187 g/mol. The quantitative estimate of drug-likeness (QED) is 0.553. The first-order chi connectivity index (χ1) is 6.05. The summed E-state index contributed by atoms with van der Waals surface area (Å²) in [5, 5.41) is 0. The summed E-state index contributed by atoms with van der Waals surface area (Å²) in [5.41, 5.74) is 2.44. The van der Waals surface area contributed by atoms with Crippen LogP contribution >= 0.6 is 0 Å². The Morgan fingerprint density at radius 1 is 1.62 bits per heavy atom. The zero-order valence-corrected chi connectivity index (χ0v) is 7.17. The van der Waals surface area contributed by atoms with Gasteiger partial charge in [-0.3, -0.25) is 10.8 Å². The van der Waals surface area contributed by atoms with Crippen LogP contribution in [0.5, 0.6) is 0 Å². The maximum Gasteiger partial charge on any atom is 0.265 e. The predicted octanol–water partition coefficient (Wildman–Crippen LogP) is 1.24. The Bertz CT molecular complexity index is 258. The molecular formula is C8H11F2N3. The molecule has 0 spiro atoms. The third kappa shape index (κ3) is 2.43. The molecule has 0 radical (unpaired) electrons. The number of halogens is 2. The molecule has 1 aromatic heterocycles. The zero-order valence-electron chi connectivity index (χ0n) is 7.17. The Morgan fingerprint density at radius 3 is 2.69 bits per heavy atom. The largest absolute Gasteiger partial charge is 0.271 e. The number of hydrogen-bond donors (Lipinski definition) is 2. The van der Waals surface area contributed by atoms with E-state index in [2.05, 4.69) is 10.4 Å². The van der Waals surface area contributed by atoms with Gasteiger partial charge in [0.25, 0.3) is 5.92 Å². The van der Waals surface area contributed by atoms with Gasteiger partial charge in [-0.15, -0.1) is 0 Å². The van der Waals surface area contributed by atoms with Gasteiger partial charge in [-0.05, 0) is 11.6 Å². The standard InChI is InChI=1S/C8H11F2N3/c1-8(9,10)7(13-11)6-3-2-4-12-5-6/h2-5,7,13H,11H2,1H3. The van der Waals surface area contributed by atoms with E-state index >= 15 is 0 Å². The van der Waals surface area contributed by atoms with Gasteiger partial charge < -0.3 is 0 Å². The molecule has 0 fully saturated rings. The second kappa shape index (κ2) is 3.76. The van der Waals surface area contributed by atoms with Crippen LogP contribution in [0.3, 0.4) is 0 Å². The Balaban J connectivity index is 2.92. The first-order valence-electron chi connectivity index (χ1n) is 3.79. The number of aromatic nitrogens is 1. The van der Waals surface area contributed by atoms with Crippen molar-refractivity contribution in [2.24, 2.45) is 5.84 Å². The number of nitrogens with one attached hydrogen (secondary N) is 1. The van der Waals surface area contributed by atoms with E-state index in [1.54, 1.807) is 12.1 Å². The minimum absolute atomic E-state index is 0.373. The summed E-state index contributed by atoms with van der Waals surface area (Å²) in [6, 6.07) is 1.95. The topological polar surface area (TPSA) is 50.9 Å². The van der Waals surface area contributed by atoms with Gasteiger partial charge in [0, 0.05) is 19.3 Å². The fraction of sp³-hybridized carbons (Fsp3) is 0.375. The third-order valence-corrected chi connectivity index (χ3v) is 1.69. The number of hydrogen-bond acceptors (Lipinski definition) is 3. The fourth-order valence-corrected chi connectivity index (χ4v) is 1.08. The molecule has 1 atom stereocenters. The minimum Gasteiger partial charge on any atom is -0.271 e. The molecule has 0 saturated heterocycles. The van der Waals surface area contributed by atoms with Crippen molar-refractivity contribution in [1.82, 2.24) is 10.4 Å². The van der Waals surface area contributed by atoms with E-state index in [0.29, 0.717) is 5.56 Å². The van der Waals surface area contributed by atoms with Crippen LogP contribution in [-0.4, -0.2) is 10.9 Å². The van der Waals surface area contributed by atoms with Gasteiger partial charge in [-0.1, -0.05) is 6.07 Å². The Labute approximate surface area is 74.9 Å². The number of pyridine rings is 1. The van der Waals surface area contributed by atoms with E-state index in [9.17, 15) is 8.78 Å². The average molecular weight is 187 g/mol. The molecular weight excluding hydrogens is 176 g/mol. The normalized spacial score (nSPS) is 14.2. The van der Waals surface area contributed by atoms with Crippen molar-refractivity contribution >= 4 is 0 Å². The lowest BCUT2D eigenvalue weighted by molar-refractivity contribution is -0.0195. The van der Waals surface area contributed by atoms with Gasteiger partial charge in [-0.25, -0.2) is 14.2 Å². The van der Waals surface area contributed by atoms with Crippen LogP contribution in [-0.2, 0) is 0 Å². The SMILES string of the molecule is CC(F)(F)C(NN)c1cccnc1. The highest BCUT2D eigenvalue weighted by molar-refractivity contribution is 5.16. The second-order valence-electron chi connectivity index (χ2n) is 2.84. The number of hydrazine groups is 1. The van der Waals surface area contributed by atoms with Crippen molar-refractivity contribution in [2.75, 3.05) is 0 Å². The average Bonchev–Trinajstić information content (AvgIpc) is 2.05. The maximum absolute atomic E-state index is 12.9. The van der Waals surface area contributed by atoms with E-state index < -0.39 is 12.0 Å². The summed E-state index contributed by atoms with van der Waals surface area (Å²) in [4.78, 5) is 3.74. The first kappa shape index (κ1) is 10.0. The van der Waals surface area contributed by atoms with Crippen molar-refractivity contribution in [3.05, 3.63) is 30.1 Å². The summed E-state index contributed by atoms with van der Waals surface area (Å²) in [7, 11) is 0. The van der Waals surface area contributed by atoms with E-state index in [1.807, 2.05) is 0 Å². The first-order valence-corrected chi connectivity index (χ1v) is 3.79. The van der Waals surface area contributed by atoms with Crippen LogP contribution in [0, 0.1) is 0 Å². The molecule has 72 valence electrons. The highest BCUT2D eigenvalue weighted by atomic mass is 19.3. The van der Waals surface area contributed by atoms with Gasteiger partial charge in [0.15, 0.2) is 0 Å². The molecule has 0 aliphatic heterocycles. The lowest BCUT2D eigenvalue weighted by Gasteiger charge is -2.22. The van der Waals surface area contributed by atoms with E-state index in [4.69, 9.17) is 5.84 Å². The molecule has 0 aliphatic rings. The van der Waals surface area contributed by atoms with Crippen molar-refractivity contribution in [1.29, 1.82) is 0 Å². The Morgan fingerprint density at radius 2 is 2.31 bits per heavy atom. The summed E-state index contributed by atoms with van der Waals surface area (Å²) in [6.07, 6.45) is 2.88. The second-order valence-corrected chi connectivity index (χ2v) is 2.84. The maximum atomic E-state index is 12.9. The Kier molecular flexibility index (Phi) is 2.90. The highest BCUT2D eigenvalue weighted by Gasteiger charge is 2.34. The van der Waals surface area contributed by atoms with Crippen LogP contribution < -0.4 is 11.3 Å². The van der Waals surface area contributed by atoms with Crippen LogP contribution in [0.25, 0.3) is 0 Å². The lowest BCUT2D eigenvalue weighted by atomic mass is 10.0. The van der Waals surface area contributed by atoms with Crippen molar-refractivity contribution in [2.45, 2.75) is 18.9 Å². The summed E-state index contributed by atoms with van der Waals surface area (Å²) in [5.74, 6) is 2.13. The highest BCUT2D eigenvalue weighted by Crippen LogP contribution is 2.29. The van der Waals surface area contributed by atoms with Crippen molar-refractivity contribution in [3.63, 3.8) is 0 Å². The van der Waals surface area contributed by atoms with Gasteiger partial charge in [-0.2, -0.15) is 0 Å². The molecule has 5 heteroatoms. The van der Waals surface area contributed by atoms with E-state index in [-0.39, 0.29) is 0 Å². The molecule has 1 heterocycles. The van der Waals surface area contributed by atoms with Crippen LogP contribution in [0.15, 0.2) is 24.5 Å². The fourth-order valence-electron chi connectivity index (χ4n) is 1.08. The summed E-state index contributed by atoms with van der Waals surface area (Å²) in [6.45, 7) is 0.810. The lowest BCUT2D eigenvalue weighted by Crippen LogP contribution is -2.39. The number of alkyl halides is 2. The molecule has 0 aromatic carbocycles. The van der Waals surface area contributed by atoms with E-state index in [1.165, 1.54) is 12.4 Å². The molecule has 0 amide bonds. The van der Waals surface area contributed by atoms with Crippen LogP contribution in [0.4, 0.5) is 8.78 Å². The number of rotatable bonds is 3.